The number of furan rings is 1. The molecular formula is C26H32O8. The van der Waals surface area contributed by atoms with Gasteiger partial charge in [-0.15, -0.1) is 0 Å². The van der Waals surface area contributed by atoms with Gasteiger partial charge < -0.3 is 28.5 Å². The minimum absolute atomic E-state index is 0.0318. The van der Waals surface area contributed by atoms with Crippen molar-refractivity contribution in [3.8, 4) is 0 Å². The van der Waals surface area contributed by atoms with Gasteiger partial charge in [0.15, 0.2) is 6.10 Å². The lowest BCUT2D eigenvalue weighted by Crippen LogP contribution is -2.73. The number of aliphatic hydroxyl groups excluding tert-OH is 1. The third-order valence-electron chi connectivity index (χ3n) is 11.0. The first kappa shape index (κ1) is 21.4. The highest BCUT2D eigenvalue weighted by molar-refractivity contribution is 5.82. The molecule has 0 aromatic carbocycles. The largest absolute Gasteiger partial charge is 0.472 e. The lowest BCUT2D eigenvalue weighted by molar-refractivity contribution is -0.261. The van der Waals surface area contributed by atoms with Crippen LogP contribution in [0.25, 0.3) is 0 Å². The van der Waals surface area contributed by atoms with E-state index in [1.54, 1.807) is 12.5 Å². The molecule has 6 fully saturated rings. The van der Waals surface area contributed by atoms with Crippen LogP contribution in [0.5, 0.6) is 0 Å². The van der Waals surface area contributed by atoms with Gasteiger partial charge in [-0.1, -0.05) is 13.8 Å². The number of fused-ring (bicyclic) bond motifs is 1. The number of ether oxygens (including phenoxy) is 4. The van der Waals surface area contributed by atoms with Crippen molar-refractivity contribution in [2.45, 2.75) is 89.0 Å². The minimum atomic E-state index is -0.877. The number of carbonyl (C=O) groups excluding carboxylic acids is 2. The average Bonchev–Trinajstić information content (AvgIpc) is 3.26. The number of carbonyl (C=O) groups is 2. The topological polar surface area (TPSA) is 108 Å². The number of cyclic esters (lactones) is 2. The highest BCUT2D eigenvalue weighted by atomic mass is 16.7. The molecule has 4 aliphatic heterocycles. The lowest BCUT2D eigenvalue weighted by atomic mass is 9.36. The van der Waals surface area contributed by atoms with Gasteiger partial charge in [0.05, 0.1) is 36.8 Å². The molecule has 10 atom stereocenters. The van der Waals surface area contributed by atoms with Crippen molar-refractivity contribution in [1.82, 2.24) is 0 Å². The van der Waals surface area contributed by atoms with E-state index in [9.17, 15) is 14.7 Å². The fourth-order valence-corrected chi connectivity index (χ4v) is 9.62. The summed E-state index contributed by atoms with van der Waals surface area (Å²) < 4.78 is 30.0. The van der Waals surface area contributed by atoms with Gasteiger partial charge in [0, 0.05) is 27.7 Å². The van der Waals surface area contributed by atoms with Gasteiger partial charge in [0.1, 0.15) is 18.3 Å². The van der Waals surface area contributed by atoms with Crippen molar-refractivity contribution in [2.75, 3.05) is 6.61 Å². The zero-order chi connectivity index (χ0) is 23.9. The maximum atomic E-state index is 13.2. The van der Waals surface area contributed by atoms with Crippen LogP contribution >= 0.6 is 0 Å². The summed E-state index contributed by atoms with van der Waals surface area (Å²) in [5, 5.41) is 11.9. The standard InChI is InChI=1S/C26H32O8/c1-22(2)15-9-16(27)24(4)14(25(15)12-31-18(28)10-17(25)33-22)5-7-23(3)19(13-6-8-30-11-13)32-21(29)20-26(23,24)34-20/h6,8,11,14-17,19-20,27H,5,7,9-10,12H2,1-4H3/t14-,15-,16+,17-,19-,20+,23-,24-,25+,26-/m0/s1. The van der Waals surface area contributed by atoms with E-state index in [4.69, 9.17) is 23.4 Å². The fraction of sp³-hybridized carbons (Fsp3) is 0.769. The Morgan fingerprint density at radius 1 is 1.06 bits per heavy atom. The first-order valence-corrected chi connectivity index (χ1v) is 12.4. The van der Waals surface area contributed by atoms with E-state index < -0.39 is 45.8 Å². The third kappa shape index (κ3) is 2.07. The number of hydrogen-bond donors (Lipinski definition) is 1. The van der Waals surface area contributed by atoms with Crippen LogP contribution < -0.4 is 0 Å². The number of rotatable bonds is 1. The van der Waals surface area contributed by atoms with Crippen molar-refractivity contribution < 1.29 is 38.1 Å². The quantitative estimate of drug-likeness (QED) is 0.491. The van der Waals surface area contributed by atoms with Crippen LogP contribution in [0.1, 0.15) is 65.0 Å². The molecule has 0 radical (unpaired) electrons. The second kappa shape index (κ2) is 6.08. The summed E-state index contributed by atoms with van der Waals surface area (Å²) in [7, 11) is 0. The number of epoxide rings is 1. The summed E-state index contributed by atoms with van der Waals surface area (Å²) in [5.41, 5.74) is -2.27. The second-order valence-corrected chi connectivity index (χ2v) is 12.4. The van der Waals surface area contributed by atoms with Crippen LogP contribution in [-0.4, -0.2) is 53.2 Å². The molecule has 2 aliphatic carbocycles. The smallest absolute Gasteiger partial charge is 0.339 e. The van der Waals surface area contributed by atoms with Gasteiger partial charge in [-0.2, -0.15) is 0 Å². The summed E-state index contributed by atoms with van der Waals surface area (Å²) in [6.07, 6.45) is 3.27. The van der Waals surface area contributed by atoms with E-state index in [-0.39, 0.29) is 42.9 Å². The van der Waals surface area contributed by atoms with Gasteiger partial charge in [-0.25, -0.2) is 4.79 Å². The molecule has 6 aliphatic rings. The molecule has 0 bridgehead atoms. The maximum absolute atomic E-state index is 13.2. The Morgan fingerprint density at radius 2 is 1.85 bits per heavy atom. The Balaban J connectivity index is 1.40. The predicted octanol–water partition coefficient (Wildman–Crippen LogP) is 2.93. The molecule has 1 N–H and O–H groups in total. The van der Waals surface area contributed by atoms with Crippen LogP contribution in [0.4, 0.5) is 0 Å². The van der Waals surface area contributed by atoms with E-state index in [0.29, 0.717) is 6.42 Å². The SMILES string of the molecule is CC1(C)O[C@H]2CC(=O)OC[C@]23[C@H]2CC[C@@]4(C)[C@H](c5ccoc5)OC(=O)[C@H]5O[C@@]54[C@]2(C)[C@H](O)C[C@@H]13. The van der Waals surface area contributed by atoms with Gasteiger partial charge in [-0.05, 0) is 45.1 Å². The number of hydrogen-bond acceptors (Lipinski definition) is 8. The van der Waals surface area contributed by atoms with Crippen molar-refractivity contribution in [3.63, 3.8) is 0 Å². The van der Waals surface area contributed by atoms with E-state index in [0.717, 1.165) is 18.4 Å². The van der Waals surface area contributed by atoms with Crippen molar-refractivity contribution in [1.29, 1.82) is 0 Å². The molecule has 34 heavy (non-hydrogen) atoms. The predicted molar refractivity (Wildman–Crippen MR) is 115 cm³/mol. The van der Waals surface area contributed by atoms with Crippen LogP contribution in [0, 0.1) is 28.1 Å². The average molecular weight is 473 g/mol. The molecule has 1 aromatic rings. The normalized spacial score (nSPS) is 54.5. The molecule has 0 unspecified atom stereocenters. The monoisotopic (exact) mass is 472 g/mol. The van der Waals surface area contributed by atoms with Crippen LogP contribution in [0.3, 0.4) is 0 Å². The minimum Gasteiger partial charge on any atom is -0.472 e. The van der Waals surface area contributed by atoms with E-state index in [2.05, 4.69) is 27.7 Å². The first-order chi connectivity index (χ1) is 16.0. The Labute approximate surface area is 198 Å². The van der Waals surface area contributed by atoms with Crippen LogP contribution in [0.2, 0.25) is 0 Å². The van der Waals surface area contributed by atoms with E-state index in [1.165, 1.54) is 0 Å². The summed E-state index contributed by atoms with van der Waals surface area (Å²) in [4.78, 5) is 25.5. The van der Waals surface area contributed by atoms with Gasteiger partial charge >= 0.3 is 11.9 Å². The molecule has 0 amide bonds. The highest BCUT2D eigenvalue weighted by Crippen LogP contribution is 2.80. The molecule has 184 valence electrons. The Kier molecular flexibility index (Phi) is 3.82. The maximum Gasteiger partial charge on any atom is 0.339 e. The first-order valence-electron chi connectivity index (χ1n) is 12.4. The molecule has 2 spiro atoms. The summed E-state index contributed by atoms with van der Waals surface area (Å²) in [5.74, 6) is -0.625. The zero-order valence-electron chi connectivity index (χ0n) is 20.0. The third-order valence-corrected chi connectivity index (χ3v) is 11.0. The van der Waals surface area contributed by atoms with E-state index >= 15 is 0 Å². The Morgan fingerprint density at radius 3 is 2.59 bits per heavy atom. The molecule has 8 heteroatoms. The van der Waals surface area contributed by atoms with Crippen LogP contribution in [0.15, 0.2) is 23.0 Å². The molecule has 7 rings (SSSR count). The zero-order valence-corrected chi connectivity index (χ0v) is 20.0. The molecular weight excluding hydrogens is 440 g/mol. The van der Waals surface area contributed by atoms with Crippen molar-refractivity contribution in [2.24, 2.45) is 28.1 Å². The lowest BCUT2D eigenvalue weighted by Gasteiger charge is -2.67. The number of esters is 2. The van der Waals surface area contributed by atoms with E-state index in [1.807, 2.05) is 6.07 Å². The van der Waals surface area contributed by atoms with Gasteiger partial charge in [-0.3, -0.25) is 4.79 Å². The molecule has 1 aromatic heterocycles. The summed E-state index contributed by atoms with van der Waals surface area (Å²) in [6, 6.07) is 1.84. The van der Waals surface area contributed by atoms with Gasteiger partial charge in [0.25, 0.3) is 0 Å². The second-order valence-electron chi connectivity index (χ2n) is 12.4. The Bertz CT molecular complexity index is 1080. The highest BCUT2D eigenvalue weighted by Gasteiger charge is 2.89. The molecule has 2 saturated carbocycles. The Hall–Kier alpha value is -1.90. The molecule has 8 nitrogen and oxygen atoms in total. The van der Waals surface area contributed by atoms with Crippen molar-refractivity contribution >= 4 is 11.9 Å². The molecule has 4 saturated heterocycles. The summed E-state index contributed by atoms with van der Waals surface area (Å²) in [6.45, 7) is 8.63. The van der Waals surface area contributed by atoms with Crippen LogP contribution in [-0.2, 0) is 28.5 Å². The van der Waals surface area contributed by atoms with Crippen molar-refractivity contribution in [3.05, 3.63) is 24.2 Å². The summed E-state index contributed by atoms with van der Waals surface area (Å²) >= 11 is 0. The molecule has 5 heterocycles. The van der Waals surface area contributed by atoms with Gasteiger partial charge in [0.2, 0.25) is 0 Å². The number of aliphatic hydroxyl groups is 1. The fourth-order valence-electron chi connectivity index (χ4n) is 9.62.